The van der Waals surface area contributed by atoms with Crippen molar-refractivity contribution in [3.63, 3.8) is 0 Å². The second-order valence-electron chi connectivity index (χ2n) is 15.5. The van der Waals surface area contributed by atoms with Crippen LogP contribution in [0, 0.1) is 17.8 Å². The van der Waals surface area contributed by atoms with Crippen molar-refractivity contribution >= 4 is 48.8 Å². The number of carbonyl (C=O) groups is 1. The smallest absolute Gasteiger partial charge is 0.262 e. The number of morpholine rings is 1. The molecule has 1 saturated heterocycles. The number of anilines is 1. The van der Waals surface area contributed by atoms with E-state index in [2.05, 4.69) is 34.5 Å². The van der Waals surface area contributed by atoms with Crippen LogP contribution >= 0.6 is 11.6 Å². The SMILES string of the molecule is C=S1(=O)NC(=O)c2ccc3c(c2)N(C[C@@H]2CC[C@H]2[C@]2(CCC[C@H](C)[C@H]1C)CN(S(C)(=O)=O)CCO2)C[C@@]1(CCCc2cc(Cl)ccc21)CO3. The Kier molecular flexibility index (Phi) is 9.33. The van der Waals surface area contributed by atoms with Gasteiger partial charge in [-0.2, -0.15) is 4.31 Å². The van der Waals surface area contributed by atoms with Gasteiger partial charge in [0.15, 0.2) is 0 Å². The highest BCUT2D eigenvalue weighted by Crippen LogP contribution is 2.51. The number of sulfonamides is 1. The lowest BCUT2D eigenvalue weighted by Crippen LogP contribution is -2.62. The lowest BCUT2D eigenvalue weighted by atomic mass is 9.62. The average Bonchev–Trinajstić information content (AvgIpc) is 3.18. The van der Waals surface area contributed by atoms with Gasteiger partial charge in [-0.25, -0.2) is 12.6 Å². The van der Waals surface area contributed by atoms with E-state index in [9.17, 15) is 17.4 Å². The summed E-state index contributed by atoms with van der Waals surface area (Å²) in [6.07, 6.45) is 8.49. The number of benzene rings is 2. The molecule has 2 aromatic carbocycles. The molecule has 2 aromatic rings. The standard InChI is InChI=1S/C37H50ClN3O6S2/c1-25-7-5-16-37(23-41(17-18-47-37)49(4,44)45)32-12-9-29(32)21-40-22-36(15-6-8-27-19-30(38)11-13-31(27)36)24-46-34-14-10-28(20-33(34)40)35(42)39-48(3,43)26(25)2/h10-11,13-14,19-20,25-26,29,32H,3,5-9,12,15-18,21-24H2,1-2,4H3,(H,39,42,43)/t25-,26+,29-,32+,36-,37-,48?/m0/s1. The first kappa shape index (κ1) is 35.1. The monoisotopic (exact) mass is 731 g/mol. The normalized spacial score (nSPS) is 35.8. The average molecular weight is 732 g/mol. The third kappa shape index (κ3) is 6.63. The third-order valence-electron chi connectivity index (χ3n) is 12.4. The quantitative estimate of drug-likeness (QED) is 0.390. The highest BCUT2D eigenvalue weighted by molar-refractivity contribution is 7.99. The van der Waals surface area contributed by atoms with Crippen molar-refractivity contribution in [2.24, 2.45) is 17.8 Å². The maximum atomic E-state index is 13.9. The second kappa shape index (κ2) is 13.0. The van der Waals surface area contributed by atoms with Crippen molar-refractivity contribution in [2.75, 3.05) is 50.5 Å². The van der Waals surface area contributed by atoms with E-state index in [-0.39, 0.29) is 28.4 Å². The van der Waals surface area contributed by atoms with Crippen LogP contribution in [0.1, 0.15) is 80.3 Å². The Bertz CT molecular complexity index is 1840. The number of rotatable bonds is 1. The molecule has 12 heteroatoms. The van der Waals surface area contributed by atoms with Gasteiger partial charge in [0.05, 0.1) is 40.5 Å². The molecule has 5 aliphatic rings. The zero-order chi connectivity index (χ0) is 34.8. The summed E-state index contributed by atoms with van der Waals surface area (Å²) in [4.78, 5) is 16.1. The van der Waals surface area contributed by atoms with Gasteiger partial charge in [-0.05, 0) is 117 Å². The molecule has 7 rings (SSSR count). The number of halogens is 1. The molecule has 1 N–H and O–H groups in total. The van der Waals surface area contributed by atoms with Crippen molar-refractivity contribution < 1.29 is 26.9 Å². The first-order valence-corrected chi connectivity index (χ1v) is 21.8. The van der Waals surface area contributed by atoms with E-state index in [0.29, 0.717) is 44.8 Å². The fraction of sp³-hybridized carbons (Fsp3) is 0.622. The molecule has 49 heavy (non-hydrogen) atoms. The van der Waals surface area contributed by atoms with Gasteiger partial charge in [-0.3, -0.25) is 9.52 Å². The van der Waals surface area contributed by atoms with E-state index in [1.807, 2.05) is 25.1 Å². The Morgan fingerprint density at radius 1 is 1.06 bits per heavy atom. The summed E-state index contributed by atoms with van der Waals surface area (Å²) >= 11 is 6.47. The van der Waals surface area contributed by atoms with Crippen molar-refractivity contribution in [1.29, 1.82) is 0 Å². The number of amides is 1. The predicted molar refractivity (Wildman–Crippen MR) is 197 cm³/mol. The van der Waals surface area contributed by atoms with Crippen LogP contribution in [0.5, 0.6) is 5.75 Å². The molecule has 1 unspecified atom stereocenters. The summed E-state index contributed by atoms with van der Waals surface area (Å²) in [5, 5.41) is 0.371. The molecule has 2 fully saturated rings. The minimum absolute atomic E-state index is 0.0161. The van der Waals surface area contributed by atoms with Crippen LogP contribution in [0.2, 0.25) is 5.02 Å². The van der Waals surface area contributed by atoms with Crippen molar-refractivity contribution in [3.05, 3.63) is 58.1 Å². The molecule has 2 aliphatic carbocycles. The molecular weight excluding hydrogens is 682 g/mol. The van der Waals surface area contributed by atoms with E-state index >= 15 is 0 Å². The van der Waals surface area contributed by atoms with Crippen LogP contribution in [-0.2, 0) is 36.3 Å². The number of aryl methyl sites for hydroxylation is 1. The number of ether oxygens (including phenoxy) is 2. The van der Waals surface area contributed by atoms with Gasteiger partial charge in [0.1, 0.15) is 5.75 Å². The molecule has 0 aromatic heterocycles. The topological polar surface area (TPSA) is 105 Å². The van der Waals surface area contributed by atoms with Crippen molar-refractivity contribution in [1.82, 2.24) is 9.03 Å². The summed E-state index contributed by atoms with van der Waals surface area (Å²) in [6.45, 7) is 6.95. The van der Waals surface area contributed by atoms with Gasteiger partial charge in [-0.1, -0.05) is 31.0 Å². The Morgan fingerprint density at radius 3 is 2.63 bits per heavy atom. The van der Waals surface area contributed by atoms with Crippen LogP contribution in [0.15, 0.2) is 36.4 Å². The molecule has 3 heterocycles. The summed E-state index contributed by atoms with van der Waals surface area (Å²) in [7, 11) is -6.38. The highest BCUT2D eigenvalue weighted by Gasteiger charge is 2.53. The number of hydrogen-bond acceptors (Lipinski definition) is 7. The number of nitrogens with one attached hydrogen (secondary N) is 1. The molecule has 7 atom stereocenters. The molecule has 1 saturated carbocycles. The number of hydrogen-bond donors (Lipinski definition) is 1. The zero-order valence-electron chi connectivity index (χ0n) is 28.9. The largest absolute Gasteiger partial charge is 0.490 e. The molecule has 0 radical (unpaired) electrons. The molecule has 1 amide bonds. The van der Waals surface area contributed by atoms with Gasteiger partial charge < -0.3 is 14.4 Å². The molecule has 2 bridgehead atoms. The first-order valence-electron chi connectivity index (χ1n) is 17.8. The molecule has 3 aliphatic heterocycles. The van der Waals surface area contributed by atoms with Crippen LogP contribution < -0.4 is 14.4 Å². The fourth-order valence-corrected chi connectivity index (χ4v) is 11.8. The highest BCUT2D eigenvalue weighted by atomic mass is 35.5. The van der Waals surface area contributed by atoms with Gasteiger partial charge in [0.2, 0.25) is 10.0 Å². The number of carbonyl (C=O) groups excluding carboxylic acids is 1. The van der Waals surface area contributed by atoms with E-state index in [0.717, 1.165) is 68.0 Å². The van der Waals surface area contributed by atoms with E-state index in [4.69, 9.17) is 21.1 Å². The van der Waals surface area contributed by atoms with Gasteiger partial charge in [0.25, 0.3) is 5.91 Å². The molecule has 268 valence electrons. The van der Waals surface area contributed by atoms with Crippen LogP contribution in [0.25, 0.3) is 0 Å². The van der Waals surface area contributed by atoms with Gasteiger partial charge in [0, 0.05) is 47.4 Å². The summed E-state index contributed by atoms with van der Waals surface area (Å²) in [5.74, 6) is 4.78. The van der Waals surface area contributed by atoms with Crippen molar-refractivity contribution in [3.8, 4) is 5.75 Å². The van der Waals surface area contributed by atoms with Crippen LogP contribution in [-0.4, -0.2) is 85.2 Å². The van der Waals surface area contributed by atoms with Gasteiger partial charge in [-0.15, -0.1) is 0 Å². The predicted octanol–water partition coefficient (Wildman–Crippen LogP) is 5.44. The Morgan fingerprint density at radius 2 is 1.88 bits per heavy atom. The summed E-state index contributed by atoms with van der Waals surface area (Å²) < 4.78 is 57.5. The minimum atomic E-state index is -3.40. The maximum Gasteiger partial charge on any atom is 0.262 e. The van der Waals surface area contributed by atoms with Crippen molar-refractivity contribution in [2.45, 2.75) is 81.5 Å². The zero-order valence-corrected chi connectivity index (χ0v) is 31.3. The Balaban J connectivity index is 1.32. The minimum Gasteiger partial charge on any atom is -0.490 e. The maximum absolute atomic E-state index is 13.9. The number of nitrogens with zero attached hydrogens (tertiary/aromatic N) is 2. The summed E-state index contributed by atoms with van der Waals surface area (Å²) in [5.41, 5.74) is 2.90. The van der Waals surface area contributed by atoms with Crippen LogP contribution in [0.4, 0.5) is 5.69 Å². The van der Waals surface area contributed by atoms with E-state index in [1.54, 1.807) is 10.4 Å². The third-order valence-corrected chi connectivity index (χ3v) is 16.1. The second-order valence-corrected chi connectivity index (χ2v) is 20.3. The summed E-state index contributed by atoms with van der Waals surface area (Å²) in [6, 6.07) is 11.7. The molecule has 9 nitrogen and oxygen atoms in total. The lowest BCUT2D eigenvalue weighted by molar-refractivity contribution is -0.165. The van der Waals surface area contributed by atoms with Gasteiger partial charge >= 0.3 is 0 Å². The number of fused-ring (bicyclic) bond motifs is 5. The van der Waals surface area contributed by atoms with E-state index < -0.39 is 31.2 Å². The molecular formula is C37H50ClN3O6S2. The molecule has 2 spiro atoms. The Labute approximate surface area is 297 Å². The fourth-order valence-electron chi connectivity index (χ4n) is 9.28. The first-order chi connectivity index (χ1) is 23.2. The lowest BCUT2D eigenvalue weighted by Gasteiger charge is -2.54. The van der Waals surface area contributed by atoms with E-state index in [1.165, 1.54) is 17.4 Å². The van der Waals surface area contributed by atoms with Crippen LogP contribution in [0.3, 0.4) is 0 Å². The Hall–Kier alpha value is -2.31.